The Morgan fingerprint density at radius 3 is 2.24 bits per heavy atom. The van der Waals surface area contributed by atoms with E-state index in [-0.39, 0.29) is 11.4 Å². The maximum atomic E-state index is 12.9. The molecule has 1 N–H and O–H groups in total. The van der Waals surface area contributed by atoms with Crippen LogP contribution in [-0.4, -0.2) is 23.6 Å². The van der Waals surface area contributed by atoms with Crippen LogP contribution in [0.25, 0.3) is 11.4 Å². The van der Waals surface area contributed by atoms with Crippen molar-refractivity contribution in [1.29, 1.82) is 0 Å². The Labute approximate surface area is 98.9 Å². The summed E-state index contributed by atoms with van der Waals surface area (Å²) in [6.07, 6.45) is 0. The summed E-state index contributed by atoms with van der Waals surface area (Å²) in [5.41, 5.74) is 0.00492. The molecule has 17 heavy (non-hydrogen) atoms. The Morgan fingerprint density at radius 2 is 1.76 bits per heavy atom. The van der Waals surface area contributed by atoms with Crippen LogP contribution in [0.2, 0.25) is 0 Å². The number of nitrogens with one attached hydrogen (secondary N) is 1. The van der Waals surface area contributed by atoms with Gasteiger partial charge in [-0.1, -0.05) is 0 Å². The van der Waals surface area contributed by atoms with Gasteiger partial charge in [-0.25, -0.2) is 22.3 Å². The number of aromatic amines is 1. The van der Waals surface area contributed by atoms with E-state index >= 15 is 0 Å². The van der Waals surface area contributed by atoms with E-state index in [4.69, 9.17) is 10.7 Å². The first-order valence-electron chi connectivity index (χ1n) is 4.20. The fourth-order valence-electron chi connectivity index (χ4n) is 1.17. The predicted molar refractivity (Wildman–Crippen MR) is 54.8 cm³/mol. The van der Waals surface area contributed by atoms with E-state index in [9.17, 15) is 17.2 Å². The van der Waals surface area contributed by atoms with Gasteiger partial charge in [0.15, 0.2) is 5.82 Å². The predicted octanol–water partition coefficient (Wildman–Crippen LogP) is 1.68. The SMILES string of the molecule is O=S(=O)(Cl)c1nc(-c2cc(F)cc(F)c2)n[nH]1. The molecule has 90 valence electrons. The molecule has 0 saturated heterocycles. The third-order valence-electron chi connectivity index (χ3n) is 1.82. The van der Waals surface area contributed by atoms with E-state index in [2.05, 4.69) is 15.2 Å². The third kappa shape index (κ3) is 2.59. The topological polar surface area (TPSA) is 75.7 Å². The molecule has 5 nitrogen and oxygen atoms in total. The molecule has 0 aliphatic heterocycles. The van der Waals surface area contributed by atoms with Crippen LogP contribution in [0.1, 0.15) is 0 Å². The summed E-state index contributed by atoms with van der Waals surface area (Å²) in [5.74, 6) is -1.80. The van der Waals surface area contributed by atoms with Gasteiger partial charge >= 0.3 is 0 Å². The normalized spacial score (nSPS) is 11.7. The van der Waals surface area contributed by atoms with Crippen molar-refractivity contribution in [3.8, 4) is 11.4 Å². The highest BCUT2D eigenvalue weighted by Crippen LogP contribution is 2.19. The zero-order valence-corrected chi connectivity index (χ0v) is 9.56. The van der Waals surface area contributed by atoms with Gasteiger partial charge in [-0.05, 0) is 12.1 Å². The first kappa shape index (κ1) is 11.9. The number of H-pyrrole nitrogens is 1. The van der Waals surface area contributed by atoms with E-state index in [1.165, 1.54) is 0 Å². The van der Waals surface area contributed by atoms with Crippen molar-refractivity contribution in [2.45, 2.75) is 5.16 Å². The van der Waals surface area contributed by atoms with Crippen LogP contribution in [-0.2, 0) is 9.05 Å². The highest BCUT2D eigenvalue weighted by atomic mass is 35.7. The van der Waals surface area contributed by atoms with Crippen LogP contribution in [0.3, 0.4) is 0 Å². The van der Waals surface area contributed by atoms with Crippen molar-refractivity contribution >= 4 is 19.7 Å². The molecular formula is C8H4ClF2N3O2S. The van der Waals surface area contributed by atoms with Crippen LogP contribution in [0.4, 0.5) is 8.78 Å². The summed E-state index contributed by atoms with van der Waals surface area (Å²) >= 11 is 0. The Balaban J connectivity index is 2.51. The number of rotatable bonds is 2. The number of halogens is 3. The summed E-state index contributed by atoms with van der Waals surface area (Å²) in [7, 11) is 0.958. The van der Waals surface area contributed by atoms with Crippen LogP contribution in [0.5, 0.6) is 0 Å². The molecule has 0 radical (unpaired) electrons. The van der Waals surface area contributed by atoms with Crippen LogP contribution in [0.15, 0.2) is 23.4 Å². The van der Waals surface area contributed by atoms with E-state index in [1.54, 1.807) is 0 Å². The lowest BCUT2D eigenvalue weighted by Gasteiger charge is -1.95. The lowest BCUT2D eigenvalue weighted by molar-refractivity contribution is 0.584. The molecule has 0 fully saturated rings. The maximum absolute atomic E-state index is 12.9. The quantitative estimate of drug-likeness (QED) is 0.849. The second-order valence-corrected chi connectivity index (χ2v) is 5.54. The smallest absolute Gasteiger partial charge is 0.248 e. The average molecular weight is 280 g/mol. The van der Waals surface area contributed by atoms with Crippen LogP contribution >= 0.6 is 10.7 Å². The first-order valence-corrected chi connectivity index (χ1v) is 6.51. The Kier molecular flexibility index (Phi) is 2.84. The molecule has 1 heterocycles. The van der Waals surface area contributed by atoms with Crippen molar-refractivity contribution in [2.75, 3.05) is 0 Å². The van der Waals surface area contributed by atoms with Gasteiger partial charge in [0.25, 0.3) is 14.2 Å². The largest absolute Gasteiger partial charge is 0.296 e. The number of nitrogens with zero attached hydrogens (tertiary/aromatic N) is 2. The summed E-state index contributed by atoms with van der Waals surface area (Å²) in [5, 5.41) is 4.97. The minimum Gasteiger partial charge on any atom is -0.248 e. The summed E-state index contributed by atoms with van der Waals surface area (Å²) in [4.78, 5) is 3.51. The fourth-order valence-corrected chi connectivity index (χ4v) is 1.73. The molecule has 0 atom stereocenters. The second kappa shape index (κ2) is 4.04. The molecular weight excluding hydrogens is 276 g/mol. The van der Waals surface area contributed by atoms with E-state index in [0.717, 1.165) is 12.1 Å². The Hall–Kier alpha value is -1.54. The molecule has 9 heteroatoms. The number of hydrogen-bond acceptors (Lipinski definition) is 4. The summed E-state index contributed by atoms with van der Waals surface area (Å²) in [6, 6.07) is 2.61. The van der Waals surface area contributed by atoms with Gasteiger partial charge in [0.2, 0.25) is 0 Å². The Bertz CT molecular complexity index is 651. The average Bonchev–Trinajstić information content (AvgIpc) is 2.63. The van der Waals surface area contributed by atoms with E-state index in [1.807, 2.05) is 0 Å². The van der Waals surface area contributed by atoms with Gasteiger partial charge in [-0.2, -0.15) is 10.1 Å². The minimum atomic E-state index is -4.05. The molecule has 2 rings (SSSR count). The molecule has 0 unspecified atom stereocenters. The number of hydrogen-bond donors (Lipinski definition) is 1. The Morgan fingerprint density at radius 1 is 1.18 bits per heavy atom. The van der Waals surface area contributed by atoms with Crippen molar-refractivity contribution in [1.82, 2.24) is 15.2 Å². The van der Waals surface area contributed by atoms with E-state index < -0.39 is 25.8 Å². The molecule has 1 aromatic carbocycles. The standard InChI is InChI=1S/C8H4ClF2N3O2S/c9-17(15,16)8-12-7(13-14-8)4-1-5(10)3-6(11)2-4/h1-3H,(H,12,13,14). The molecule has 1 aromatic heterocycles. The minimum absolute atomic E-state index is 0.00492. The van der Waals surface area contributed by atoms with Crippen LogP contribution < -0.4 is 0 Å². The zero-order chi connectivity index (χ0) is 12.6. The van der Waals surface area contributed by atoms with Gasteiger partial charge in [0, 0.05) is 22.3 Å². The lowest BCUT2D eigenvalue weighted by atomic mass is 10.2. The van der Waals surface area contributed by atoms with Crippen molar-refractivity contribution in [2.24, 2.45) is 0 Å². The molecule has 2 aromatic rings. The first-order chi connectivity index (χ1) is 7.86. The molecule has 0 aliphatic carbocycles. The summed E-state index contributed by atoms with van der Waals surface area (Å²) in [6.45, 7) is 0. The molecule has 0 bridgehead atoms. The van der Waals surface area contributed by atoms with Crippen molar-refractivity contribution in [3.63, 3.8) is 0 Å². The fraction of sp³-hybridized carbons (Fsp3) is 0. The van der Waals surface area contributed by atoms with Gasteiger partial charge < -0.3 is 0 Å². The molecule has 0 spiro atoms. The van der Waals surface area contributed by atoms with Gasteiger partial charge in [-0.3, -0.25) is 0 Å². The second-order valence-electron chi connectivity index (χ2n) is 3.06. The van der Waals surface area contributed by atoms with Gasteiger partial charge in [0.1, 0.15) is 11.6 Å². The number of benzene rings is 1. The maximum Gasteiger partial charge on any atom is 0.296 e. The zero-order valence-electron chi connectivity index (χ0n) is 7.99. The monoisotopic (exact) mass is 279 g/mol. The molecule has 0 amide bonds. The number of aromatic nitrogens is 3. The molecule has 0 aliphatic rings. The lowest BCUT2D eigenvalue weighted by Crippen LogP contribution is -1.93. The van der Waals surface area contributed by atoms with Crippen molar-refractivity contribution < 1.29 is 17.2 Å². The van der Waals surface area contributed by atoms with Gasteiger partial charge in [-0.15, -0.1) is 0 Å². The highest BCUT2D eigenvalue weighted by molar-refractivity contribution is 8.13. The van der Waals surface area contributed by atoms with Crippen LogP contribution in [0, 0.1) is 11.6 Å². The third-order valence-corrected chi connectivity index (χ3v) is 2.90. The highest BCUT2D eigenvalue weighted by Gasteiger charge is 2.17. The van der Waals surface area contributed by atoms with Crippen molar-refractivity contribution in [3.05, 3.63) is 29.8 Å². The van der Waals surface area contributed by atoms with E-state index in [0.29, 0.717) is 6.07 Å². The van der Waals surface area contributed by atoms with Gasteiger partial charge in [0.05, 0.1) is 0 Å². The summed E-state index contributed by atoms with van der Waals surface area (Å²) < 4.78 is 47.6. The molecule has 0 saturated carbocycles.